The highest BCUT2D eigenvalue weighted by atomic mass is 35.5. The van der Waals surface area contributed by atoms with Gasteiger partial charge in [0.2, 0.25) is 0 Å². The highest BCUT2D eigenvalue weighted by Crippen LogP contribution is 2.27. The smallest absolute Gasteiger partial charge is 0.277 e. The molecule has 0 saturated carbocycles. The van der Waals surface area contributed by atoms with E-state index in [0.29, 0.717) is 22.4 Å². The maximum atomic E-state index is 11.8. The molecule has 0 aliphatic carbocycles. The first-order valence-electron chi connectivity index (χ1n) is 5.17. The van der Waals surface area contributed by atoms with Crippen LogP contribution < -0.4 is 10.1 Å². The summed E-state index contributed by atoms with van der Waals surface area (Å²) in [5.74, 6) is 0.632. The van der Waals surface area contributed by atoms with E-state index in [1.165, 1.54) is 13.4 Å². The predicted octanol–water partition coefficient (Wildman–Crippen LogP) is 2.90. The summed E-state index contributed by atoms with van der Waals surface area (Å²) in [5, 5.41) is 3.09. The lowest BCUT2D eigenvalue weighted by atomic mass is 10.3. The van der Waals surface area contributed by atoms with E-state index in [1.807, 2.05) is 0 Å². The molecule has 1 aromatic carbocycles. The van der Waals surface area contributed by atoms with Crippen LogP contribution in [-0.4, -0.2) is 18.0 Å². The summed E-state index contributed by atoms with van der Waals surface area (Å²) in [6.07, 6.45) is 1.30. The minimum absolute atomic E-state index is 0.222. The van der Waals surface area contributed by atoms with Crippen LogP contribution in [0, 0.1) is 6.92 Å². The first-order valence-corrected chi connectivity index (χ1v) is 5.55. The summed E-state index contributed by atoms with van der Waals surface area (Å²) in [7, 11) is 1.53. The third-order valence-electron chi connectivity index (χ3n) is 2.26. The molecule has 0 atom stereocenters. The summed E-state index contributed by atoms with van der Waals surface area (Å²) >= 11 is 5.95. The van der Waals surface area contributed by atoms with Crippen LogP contribution in [-0.2, 0) is 0 Å². The monoisotopic (exact) mass is 266 g/mol. The van der Waals surface area contributed by atoms with Crippen molar-refractivity contribution in [2.75, 3.05) is 12.4 Å². The maximum absolute atomic E-state index is 11.8. The molecule has 1 heterocycles. The first-order chi connectivity index (χ1) is 8.60. The lowest BCUT2D eigenvalue weighted by molar-refractivity contribution is 0.102. The van der Waals surface area contributed by atoms with Gasteiger partial charge in [0.1, 0.15) is 12.0 Å². The molecule has 6 heteroatoms. The van der Waals surface area contributed by atoms with Crippen LogP contribution in [0.15, 0.2) is 28.9 Å². The number of carbonyl (C=O) groups is 1. The topological polar surface area (TPSA) is 64.4 Å². The van der Waals surface area contributed by atoms with Crippen LogP contribution in [0.3, 0.4) is 0 Å². The van der Waals surface area contributed by atoms with E-state index in [0.717, 1.165) is 0 Å². The molecular formula is C12H11ClN2O3. The van der Waals surface area contributed by atoms with Crippen LogP contribution in [0.25, 0.3) is 0 Å². The fraction of sp³-hybridized carbons (Fsp3) is 0.167. The van der Waals surface area contributed by atoms with Crippen molar-refractivity contribution in [3.8, 4) is 5.75 Å². The Labute approximate surface area is 109 Å². The zero-order valence-corrected chi connectivity index (χ0v) is 10.6. The number of benzene rings is 1. The van der Waals surface area contributed by atoms with Crippen molar-refractivity contribution in [2.24, 2.45) is 0 Å². The van der Waals surface area contributed by atoms with Gasteiger partial charge in [-0.15, -0.1) is 0 Å². The molecule has 2 rings (SSSR count). The van der Waals surface area contributed by atoms with Crippen LogP contribution >= 0.6 is 11.6 Å². The molecule has 0 spiro atoms. The fourth-order valence-corrected chi connectivity index (χ4v) is 1.66. The Kier molecular flexibility index (Phi) is 3.53. The van der Waals surface area contributed by atoms with E-state index < -0.39 is 0 Å². The Morgan fingerprint density at radius 1 is 1.50 bits per heavy atom. The third kappa shape index (κ3) is 2.62. The standard InChI is InChI=1S/C12H11ClN2O3/c1-7-14-10(6-18-7)12(16)15-8-3-4-11(17-2)9(13)5-8/h3-6H,1-2H3,(H,15,16). The van der Waals surface area contributed by atoms with Crippen molar-refractivity contribution in [1.82, 2.24) is 4.98 Å². The lowest BCUT2D eigenvalue weighted by Gasteiger charge is -2.06. The van der Waals surface area contributed by atoms with E-state index in [-0.39, 0.29) is 11.6 Å². The average molecular weight is 267 g/mol. The largest absolute Gasteiger partial charge is 0.495 e. The van der Waals surface area contributed by atoms with Crippen molar-refractivity contribution in [3.63, 3.8) is 0 Å². The van der Waals surface area contributed by atoms with Crippen LogP contribution in [0.5, 0.6) is 5.75 Å². The van der Waals surface area contributed by atoms with E-state index in [2.05, 4.69) is 10.3 Å². The molecule has 0 aliphatic heterocycles. The predicted molar refractivity (Wildman–Crippen MR) is 67.2 cm³/mol. The van der Waals surface area contributed by atoms with Crippen molar-refractivity contribution in [2.45, 2.75) is 6.92 Å². The number of carbonyl (C=O) groups excluding carboxylic acids is 1. The number of rotatable bonds is 3. The van der Waals surface area contributed by atoms with Gasteiger partial charge in [-0.25, -0.2) is 4.98 Å². The van der Waals surface area contributed by atoms with Gasteiger partial charge >= 0.3 is 0 Å². The number of nitrogens with zero attached hydrogens (tertiary/aromatic N) is 1. The Balaban J connectivity index is 2.14. The molecule has 2 aromatic rings. The number of halogens is 1. The summed E-state index contributed by atoms with van der Waals surface area (Å²) in [6, 6.07) is 4.97. The molecular weight excluding hydrogens is 256 g/mol. The number of amides is 1. The van der Waals surface area contributed by atoms with E-state index in [9.17, 15) is 4.79 Å². The van der Waals surface area contributed by atoms with E-state index >= 15 is 0 Å². The van der Waals surface area contributed by atoms with Crippen molar-refractivity contribution < 1.29 is 13.9 Å². The van der Waals surface area contributed by atoms with Crippen LogP contribution in [0.4, 0.5) is 5.69 Å². The van der Waals surface area contributed by atoms with Gasteiger partial charge in [0.25, 0.3) is 5.91 Å². The van der Waals surface area contributed by atoms with Gasteiger partial charge in [-0.05, 0) is 18.2 Å². The van der Waals surface area contributed by atoms with Gasteiger partial charge in [-0.1, -0.05) is 11.6 Å². The molecule has 0 saturated heterocycles. The Morgan fingerprint density at radius 2 is 2.28 bits per heavy atom. The van der Waals surface area contributed by atoms with E-state index in [4.69, 9.17) is 20.8 Å². The second kappa shape index (κ2) is 5.10. The number of ether oxygens (including phenoxy) is 1. The normalized spacial score (nSPS) is 10.2. The van der Waals surface area contributed by atoms with Gasteiger partial charge in [0.05, 0.1) is 12.1 Å². The number of aryl methyl sites for hydroxylation is 1. The quantitative estimate of drug-likeness (QED) is 0.928. The van der Waals surface area contributed by atoms with Crippen molar-refractivity contribution >= 4 is 23.2 Å². The highest BCUT2D eigenvalue weighted by Gasteiger charge is 2.11. The number of nitrogens with one attached hydrogen (secondary N) is 1. The molecule has 94 valence electrons. The second-order valence-corrected chi connectivity index (χ2v) is 3.96. The Hall–Kier alpha value is -2.01. The summed E-state index contributed by atoms with van der Waals surface area (Å²) in [6.45, 7) is 1.67. The number of hydrogen-bond donors (Lipinski definition) is 1. The summed E-state index contributed by atoms with van der Waals surface area (Å²) < 4.78 is 9.99. The summed E-state index contributed by atoms with van der Waals surface area (Å²) in [4.78, 5) is 15.7. The highest BCUT2D eigenvalue weighted by molar-refractivity contribution is 6.32. The zero-order chi connectivity index (χ0) is 13.1. The number of anilines is 1. The maximum Gasteiger partial charge on any atom is 0.277 e. The summed E-state index contributed by atoms with van der Waals surface area (Å²) in [5.41, 5.74) is 0.783. The molecule has 0 fully saturated rings. The molecule has 1 N–H and O–H groups in total. The van der Waals surface area contributed by atoms with Gasteiger partial charge in [0.15, 0.2) is 11.6 Å². The molecule has 0 aliphatic rings. The Bertz CT molecular complexity index is 580. The van der Waals surface area contributed by atoms with Gasteiger partial charge in [-0.2, -0.15) is 0 Å². The molecule has 1 amide bonds. The lowest BCUT2D eigenvalue weighted by Crippen LogP contribution is -2.12. The SMILES string of the molecule is COc1ccc(NC(=O)c2coc(C)n2)cc1Cl. The molecule has 5 nitrogen and oxygen atoms in total. The van der Waals surface area contributed by atoms with Crippen LogP contribution in [0.2, 0.25) is 5.02 Å². The third-order valence-corrected chi connectivity index (χ3v) is 2.56. The molecule has 0 unspecified atom stereocenters. The fourth-order valence-electron chi connectivity index (χ4n) is 1.41. The number of aromatic nitrogens is 1. The molecule has 1 aromatic heterocycles. The minimum atomic E-state index is -0.354. The molecule has 0 bridgehead atoms. The van der Waals surface area contributed by atoms with Gasteiger partial charge < -0.3 is 14.5 Å². The van der Waals surface area contributed by atoms with Gasteiger partial charge in [-0.3, -0.25) is 4.79 Å². The minimum Gasteiger partial charge on any atom is -0.495 e. The average Bonchev–Trinajstić information content (AvgIpc) is 2.76. The van der Waals surface area contributed by atoms with E-state index in [1.54, 1.807) is 25.1 Å². The molecule has 0 radical (unpaired) electrons. The van der Waals surface area contributed by atoms with Crippen LogP contribution in [0.1, 0.15) is 16.4 Å². The number of hydrogen-bond acceptors (Lipinski definition) is 4. The van der Waals surface area contributed by atoms with Gasteiger partial charge in [0, 0.05) is 12.6 Å². The first kappa shape index (κ1) is 12.4. The van der Waals surface area contributed by atoms with Crippen molar-refractivity contribution in [3.05, 3.63) is 41.1 Å². The zero-order valence-electron chi connectivity index (χ0n) is 9.86. The Morgan fingerprint density at radius 3 is 2.83 bits per heavy atom. The number of methoxy groups -OCH3 is 1. The number of oxazole rings is 1. The molecule has 18 heavy (non-hydrogen) atoms. The second-order valence-electron chi connectivity index (χ2n) is 3.56. The van der Waals surface area contributed by atoms with Crippen molar-refractivity contribution in [1.29, 1.82) is 0 Å².